The first-order valence-electron chi connectivity index (χ1n) is 7.01. The molecule has 1 aliphatic rings. The van der Waals surface area contributed by atoms with Crippen molar-refractivity contribution in [1.82, 2.24) is 5.32 Å². The van der Waals surface area contributed by atoms with Gasteiger partial charge in [-0.05, 0) is 31.9 Å². The van der Waals surface area contributed by atoms with Gasteiger partial charge in [-0.3, -0.25) is 0 Å². The fraction of sp³-hybridized carbons (Fsp3) is 0.500. The highest BCUT2D eigenvalue weighted by molar-refractivity contribution is 5.54. The topological polar surface area (TPSA) is 12.0 Å². The first kappa shape index (κ1) is 14.2. The van der Waals surface area contributed by atoms with E-state index in [0.717, 1.165) is 25.5 Å². The first-order valence-corrected chi connectivity index (χ1v) is 7.01. The highest BCUT2D eigenvalue weighted by atomic mass is 19.2. The zero-order valence-electron chi connectivity index (χ0n) is 11.4. The maximum absolute atomic E-state index is 13.7. The SMILES string of the molecule is CNCC(=Cc1cccc(F)c1F)C1CCCCC1. The summed E-state index contributed by atoms with van der Waals surface area (Å²) in [4.78, 5) is 0. The van der Waals surface area contributed by atoms with E-state index in [4.69, 9.17) is 0 Å². The zero-order chi connectivity index (χ0) is 13.7. The predicted octanol–water partition coefficient (Wildman–Crippen LogP) is 4.15. The predicted molar refractivity (Wildman–Crippen MR) is 74.8 cm³/mol. The molecule has 19 heavy (non-hydrogen) atoms. The molecule has 2 rings (SSSR count). The standard InChI is InChI=1S/C16H21F2N/c1-19-11-14(12-6-3-2-4-7-12)10-13-8-5-9-15(17)16(13)18/h5,8-10,12,19H,2-4,6-7,11H2,1H3. The van der Waals surface area contributed by atoms with Gasteiger partial charge in [0.2, 0.25) is 0 Å². The molecular weight excluding hydrogens is 244 g/mol. The van der Waals surface area contributed by atoms with Crippen molar-refractivity contribution in [2.24, 2.45) is 5.92 Å². The second-order valence-corrected chi connectivity index (χ2v) is 5.23. The molecule has 3 heteroatoms. The Bertz CT molecular complexity index is 448. The molecule has 1 aromatic carbocycles. The summed E-state index contributed by atoms with van der Waals surface area (Å²) in [5.41, 5.74) is 1.54. The van der Waals surface area contributed by atoms with Crippen molar-refractivity contribution in [3.63, 3.8) is 0 Å². The molecular formula is C16H21F2N. The smallest absolute Gasteiger partial charge is 0.166 e. The summed E-state index contributed by atoms with van der Waals surface area (Å²) in [6.07, 6.45) is 7.90. The molecule has 1 aromatic rings. The Labute approximate surface area is 113 Å². The van der Waals surface area contributed by atoms with Gasteiger partial charge in [0.25, 0.3) is 0 Å². The van der Waals surface area contributed by atoms with Crippen molar-refractivity contribution in [3.05, 3.63) is 41.0 Å². The Morgan fingerprint density at radius 2 is 2.00 bits per heavy atom. The Morgan fingerprint density at radius 3 is 2.68 bits per heavy atom. The van der Waals surface area contributed by atoms with Crippen LogP contribution in [0.15, 0.2) is 23.8 Å². The minimum Gasteiger partial charge on any atom is -0.316 e. The van der Waals surface area contributed by atoms with Gasteiger partial charge in [-0.25, -0.2) is 8.78 Å². The van der Waals surface area contributed by atoms with Crippen LogP contribution in [-0.2, 0) is 0 Å². The van der Waals surface area contributed by atoms with Crippen molar-refractivity contribution < 1.29 is 8.78 Å². The molecule has 0 aliphatic heterocycles. The molecule has 0 aromatic heterocycles. The molecule has 1 saturated carbocycles. The van der Waals surface area contributed by atoms with Crippen molar-refractivity contribution in [2.75, 3.05) is 13.6 Å². The third-order valence-electron chi connectivity index (χ3n) is 3.83. The van der Waals surface area contributed by atoms with E-state index >= 15 is 0 Å². The van der Waals surface area contributed by atoms with Crippen LogP contribution < -0.4 is 5.32 Å². The quantitative estimate of drug-likeness (QED) is 0.862. The molecule has 0 bridgehead atoms. The molecule has 0 atom stereocenters. The molecule has 0 saturated heterocycles. The van der Waals surface area contributed by atoms with Gasteiger partial charge in [0.1, 0.15) is 0 Å². The normalized spacial score (nSPS) is 17.7. The first-order chi connectivity index (χ1) is 9.22. The fourth-order valence-corrected chi connectivity index (χ4v) is 2.82. The van der Waals surface area contributed by atoms with Crippen LogP contribution in [0, 0.1) is 17.6 Å². The van der Waals surface area contributed by atoms with Crippen LogP contribution in [-0.4, -0.2) is 13.6 Å². The lowest BCUT2D eigenvalue weighted by atomic mass is 9.83. The highest BCUT2D eigenvalue weighted by Gasteiger charge is 2.18. The van der Waals surface area contributed by atoms with Gasteiger partial charge in [-0.2, -0.15) is 0 Å². The molecule has 0 radical (unpaired) electrons. The summed E-state index contributed by atoms with van der Waals surface area (Å²) in [5, 5.41) is 3.13. The second-order valence-electron chi connectivity index (χ2n) is 5.23. The van der Waals surface area contributed by atoms with E-state index in [1.54, 1.807) is 12.1 Å². The Kier molecular flexibility index (Phi) is 5.08. The third-order valence-corrected chi connectivity index (χ3v) is 3.83. The van der Waals surface area contributed by atoms with E-state index < -0.39 is 11.6 Å². The molecule has 1 nitrogen and oxygen atoms in total. The lowest BCUT2D eigenvalue weighted by Gasteiger charge is -2.24. The summed E-state index contributed by atoms with van der Waals surface area (Å²) in [6, 6.07) is 4.35. The number of benzene rings is 1. The van der Waals surface area contributed by atoms with Crippen molar-refractivity contribution in [2.45, 2.75) is 32.1 Å². The molecule has 104 valence electrons. The van der Waals surface area contributed by atoms with Crippen LogP contribution in [0.3, 0.4) is 0 Å². The van der Waals surface area contributed by atoms with E-state index in [1.807, 2.05) is 13.1 Å². The molecule has 1 fully saturated rings. The minimum atomic E-state index is -0.777. The Morgan fingerprint density at radius 1 is 1.26 bits per heavy atom. The van der Waals surface area contributed by atoms with Crippen molar-refractivity contribution in [3.8, 4) is 0 Å². The highest BCUT2D eigenvalue weighted by Crippen LogP contribution is 2.31. The Balaban J connectivity index is 2.26. The van der Waals surface area contributed by atoms with Crippen molar-refractivity contribution in [1.29, 1.82) is 0 Å². The number of likely N-dealkylation sites (N-methyl/N-ethyl adjacent to an activating group) is 1. The summed E-state index contributed by atoms with van der Waals surface area (Å²) in [5.74, 6) is -1.02. The van der Waals surface area contributed by atoms with E-state index in [-0.39, 0.29) is 0 Å². The monoisotopic (exact) mass is 265 g/mol. The van der Waals surface area contributed by atoms with Gasteiger partial charge in [0.05, 0.1) is 0 Å². The average molecular weight is 265 g/mol. The second kappa shape index (κ2) is 6.80. The lowest BCUT2D eigenvalue weighted by molar-refractivity contribution is 0.398. The summed E-state index contributed by atoms with van der Waals surface area (Å²) in [6.45, 7) is 0.737. The van der Waals surface area contributed by atoms with Gasteiger partial charge in [-0.15, -0.1) is 0 Å². The van der Waals surface area contributed by atoms with Gasteiger partial charge < -0.3 is 5.32 Å². The zero-order valence-corrected chi connectivity index (χ0v) is 11.4. The van der Waals surface area contributed by atoms with Crippen LogP contribution >= 0.6 is 0 Å². The van der Waals surface area contributed by atoms with Crippen LogP contribution in [0.25, 0.3) is 6.08 Å². The number of halogens is 2. The van der Waals surface area contributed by atoms with Crippen LogP contribution in [0.2, 0.25) is 0 Å². The number of hydrogen-bond donors (Lipinski definition) is 1. The lowest BCUT2D eigenvalue weighted by Crippen LogP contribution is -2.19. The molecule has 1 N–H and O–H groups in total. The third kappa shape index (κ3) is 3.63. The Hall–Kier alpha value is -1.22. The summed E-state index contributed by atoms with van der Waals surface area (Å²) >= 11 is 0. The molecule has 0 spiro atoms. The van der Waals surface area contributed by atoms with E-state index in [0.29, 0.717) is 11.5 Å². The number of nitrogens with one attached hydrogen (secondary N) is 1. The van der Waals surface area contributed by atoms with Crippen LogP contribution in [0.1, 0.15) is 37.7 Å². The van der Waals surface area contributed by atoms with Gasteiger partial charge >= 0.3 is 0 Å². The average Bonchev–Trinajstić information content (AvgIpc) is 2.44. The number of rotatable bonds is 4. The van der Waals surface area contributed by atoms with Gasteiger partial charge in [-0.1, -0.05) is 43.0 Å². The van der Waals surface area contributed by atoms with Crippen molar-refractivity contribution >= 4 is 6.08 Å². The largest absolute Gasteiger partial charge is 0.316 e. The molecule has 0 heterocycles. The van der Waals surface area contributed by atoms with E-state index in [9.17, 15) is 8.78 Å². The van der Waals surface area contributed by atoms with Gasteiger partial charge in [0.15, 0.2) is 11.6 Å². The molecule has 0 unspecified atom stereocenters. The summed E-state index contributed by atoms with van der Waals surface area (Å²) in [7, 11) is 1.89. The number of hydrogen-bond acceptors (Lipinski definition) is 1. The fourth-order valence-electron chi connectivity index (χ4n) is 2.82. The van der Waals surface area contributed by atoms with Gasteiger partial charge in [0, 0.05) is 12.1 Å². The summed E-state index contributed by atoms with van der Waals surface area (Å²) < 4.78 is 27.0. The van der Waals surface area contributed by atoms with Crippen LogP contribution in [0.5, 0.6) is 0 Å². The maximum Gasteiger partial charge on any atom is 0.166 e. The molecule has 1 aliphatic carbocycles. The minimum absolute atomic E-state index is 0.357. The van der Waals surface area contributed by atoms with E-state index in [1.165, 1.54) is 24.8 Å². The molecule has 0 amide bonds. The maximum atomic E-state index is 13.7. The van der Waals surface area contributed by atoms with E-state index in [2.05, 4.69) is 5.32 Å². The van der Waals surface area contributed by atoms with Crippen LogP contribution in [0.4, 0.5) is 8.78 Å².